The average molecular weight is 571 g/mol. The van der Waals surface area contributed by atoms with E-state index >= 15 is 0 Å². The van der Waals surface area contributed by atoms with Crippen molar-refractivity contribution in [2.45, 2.75) is 52.2 Å². The number of likely N-dealkylation sites (tertiary alicyclic amines) is 1. The van der Waals surface area contributed by atoms with E-state index in [1.807, 2.05) is 63.2 Å². The first-order valence-electron chi connectivity index (χ1n) is 11.9. The number of benzene rings is 2. The summed E-state index contributed by atoms with van der Waals surface area (Å²) in [6, 6.07) is 18.0. The molecule has 1 aliphatic heterocycles. The minimum Gasteiger partial charge on any atom is -0.490 e. The van der Waals surface area contributed by atoms with Gasteiger partial charge in [-0.15, -0.1) is 37.2 Å². The molecule has 1 fully saturated rings. The Labute approximate surface area is 239 Å². The molecule has 37 heavy (non-hydrogen) atoms. The summed E-state index contributed by atoms with van der Waals surface area (Å²) in [6.07, 6.45) is 5.59. The molecule has 6 nitrogen and oxygen atoms in total. The largest absolute Gasteiger partial charge is 0.490 e. The van der Waals surface area contributed by atoms with E-state index in [-0.39, 0.29) is 49.4 Å². The summed E-state index contributed by atoms with van der Waals surface area (Å²) >= 11 is 0. The summed E-state index contributed by atoms with van der Waals surface area (Å²) in [6.45, 7) is 10.7. The summed E-state index contributed by atoms with van der Waals surface area (Å²) in [5.74, 6) is 0.847. The van der Waals surface area contributed by atoms with E-state index in [0.29, 0.717) is 18.7 Å². The summed E-state index contributed by atoms with van der Waals surface area (Å²) in [5.41, 5.74) is 2.35. The Hall–Kier alpha value is -2.59. The van der Waals surface area contributed by atoms with Gasteiger partial charge in [-0.1, -0.05) is 24.3 Å². The van der Waals surface area contributed by atoms with Gasteiger partial charge in [0.1, 0.15) is 17.5 Å². The molecular formula is C28H38Cl3N3O3. The Morgan fingerprint density at radius 1 is 1.11 bits per heavy atom. The molecular weight excluding hydrogens is 533 g/mol. The lowest BCUT2D eigenvalue weighted by molar-refractivity contribution is 0.0126. The van der Waals surface area contributed by atoms with Gasteiger partial charge in [0.15, 0.2) is 0 Å². The van der Waals surface area contributed by atoms with E-state index in [4.69, 9.17) is 14.7 Å². The van der Waals surface area contributed by atoms with Crippen LogP contribution in [-0.4, -0.2) is 48.9 Å². The number of rotatable bonds is 7. The average Bonchev–Trinajstić information content (AvgIpc) is 2.82. The van der Waals surface area contributed by atoms with Crippen LogP contribution in [0.2, 0.25) is 0 Å². The predicted molar refractivity (Wildman–Crippen MR) is 158 cm³/mol. The van der Waals surface area contributed by atoms with Crippen LogP contribution in [0.25, 0.3) is 6.08 Å². The van der Waals surface area contributed by atoms with Crippen molar-refractivity contribution in [3.8, 4) is 11.8 Å². The SMILES string of the molecule is CCN(C/C=C/c1cccc(C#N)c1)c1ccc(OC2CCN(C(=O)OC(C)(C)C)CC2)cc1.Cl.Cl.Cl. The third-order valence-corrected chi connectivity index (χ3v) is 5.63. The number of nitrogens with zero attached hydrogens (tertiary/aromatic N) is 3. The number of likely N-dealkylation sites (N-methyl/N-ethyl adjacent to an activating group) is 1. The first kappa shape index (κ1) is 34.4. The molecule has 0 N–H and O–H groups in total. The lowest BCUT2D eigenvalue weighted by atomic mass is 10.1. The Morgan fingerprint density at radius 2 is 1.76 bits per heavy atom. The Morgan fingerprint density at radius 3 is 2.32 bits per heavy atom. The Bertz CT molecular complexity index is 1030. The maximum absolute atomic E-state index is 12.2. The first-order valence-corrected chi connectivity index (χ1v) is 11.9. The topological polar surface area (TPSA) is 65.8 Å². The number of anilines is 1. The van der Waals surface area contributed by atoms with E-state index < -0.39 is 5.60 Å². The van der Waals surface area contributed by atoms with E-state index in [1.165, 1.54) is 0 Å². The predicted octanol–water partition coefficient (Wildman–Crippen LogP) is 7.14. The van der Waals surface area contributed by atoms with Crippen molar-refractivity contribution >= 4 is 55.1 Å². The normalized spacial score (nSPS) is 13.4. The van der Waals surface area contributed by atoms with Gasteiger partial charge >= 0.3 is 6.09 Å². The van der Waals surface area contributed by atoms with Crippen LogP contribution in [0.3, 0.4) is 0 Å². The van der Waals surface area contributed by atoms with E-state index in [0.717, 1.165) is 42.9 Å². The molecule has 204 valence electrons. The smallest absolute Gasteiger partial charge is 0.410 e. The minimum atomic E-state index is -0.475. The number of halogens is 3. The second-order valence-electron chi connectivity index (χ2n) is 9.46. The molecule has 0 aliphatic carbocycles. The molecule has 0 unspecified atom stereocenters. The lowest BCUT2D eigenvalue weighted by Gasteiger charge is -2.33. The third kappa shape index (κ3) is 11.1. The van der Waals surface area contributed by atoms with Gasteiger partial charge in [-0.3, -0.25) is 0 Å². The Kier molecular flexibility index (Phi) is 15.2. The fourth-order valence-electron chi connectivity index (χ4n) is 3.86. The van der Waals surface area contributed by atoms with Gasteiger partial charge in [0.25, 0.3) is 0 Å². The summed E-state index contributed by atoms with van der Waals surface area (Å²) in [7, 11) is 0. The van der Waals surface area contributed by atoms with Gasteiger partial charge in [0.2, 0.25) is 0 Å². The van der Waals surface area contributed by atoms with Crippen LogP contribution in [0.4, 0.5) is 10.5 Å². The summed E-state index contributed by atoms with van der Waals surface area (Å²) in [4.78, 5) is 16.3. The number of hydrogen-bond acceptors (Lipinski definition) is 5. The molecule has 0 bridgehead atoms. The number of ether oxygens (including phenoxy) is 2. The first-order chi connectivity index (χ1) is 16.3. The van der Waals surface area contributed by atoms with Crippen LogP contribution < -0.4 is 9.64 Å². The van der Waals surface area contributed by atoms with Gasteiger partial charge in [-0.05, 0) is 69.7 Å². The van der Waals surface area contributed by atoms with Gasteiger partial charge in [-0.2, -0.15) is 5.26 Å². The second kappa shape index (κ2) is 16.3. The third-order valence-electron chi connectivity index (χ3n) is 5.63. The Balaban J connectivity index is 0.00000432. The van der Waals surface area contributed by atoms with Crippen LogP contribution in [0, 0.1) is 11.3 Å². The van der Waals surface area contributed by atoms with Crippen molar-refractivity contribution in [2.24, 2.45) is 0 Å². The molecule has 1 heterocycles. The van der Waals surface area contributed by atoms with Gasteiger partial charge in [0, 0.05) is 44.7 Å². The minimum absolute atomic E-state index is 0. The van der Waals surface area contributed by atoms with Crippen molar-refractivity contribution < 1.29 is 14.3 Å². The zero-order chi connectivity index (χ0) is 24.6. The fraction of sp³-hybridized carbons (Fsp3) is 0.429. The van der Waals surface area contributed by atoms with Crippen molar-refractivity contribution in [1.29, 1.82) is 5.26 Å². The number of nitriles is 1. The molecule has 0 saturated carbocycles. The van der Waals surface area contributed by atoms with Crippen molar-refractivity contribution in [3.05, 3.63) is 65.7 Å². The van der Waals surface area contributed by atoms with Gasteiger partial charge < -0.3 is 19.3 Å². The maximum atomic E-state index is 12.2. The fourth-order valence-corrected chi connectivity index (χ4v) is 3.86. The summed E-state index contributed by atoms with van der Waals surface area (Å²) in [5, 5.41) is 9.05. The zero-order valence-electron chi connectivity index (χ0n) is 21.9. The molecule has 1 amide bonds. The van der Waals surface area contributed by atoms with Crippen molar-refractivity contribution in [2.75, 3.05) is 31.1 Å². The number of amides is 1. The highest BCUT2D eigenvalue weighted by Crippen LogP contribution is 2.24. The molecule has 0 spiro atoms. The zero-order valence-corrected chi connectivity index (χ0v) is 24.3. The number of carbonyl (C=O) groups is 1. The van der Waals surface area contributed by atoms with Crippen LogP contribution in [0.1, 0.15) is 51.7 Å². The van der Waals surface area contributed by atoms with E-state index in [9.17, 15) is 4.79 Å². The molecule has 0 radical (unpaired) electrons. The lowest BCUT2D eigenvalue weighted by Crippen LogP contribution is -2.44. The highest BCUT2D eigenvalue weighted by molar-refractivity contribution is 5.86. The van der Waals surface area contributed by atoms with Gasteiger partial charge in [0.05, 0.1) is 11.6 Å². The maximum Gasteiger partial charge on any atom is 0.410 e. The van der Waals surface area contributed by atoms with Crippen LogP contribution >= 0.6 is 37.2 Å². The van der Waals surface area contributed by atoms with Crippen LogP contribution in [0.15, 0.2) is 54.6 Å². The molecule has 0 atom stereocenters. The molecule has 2 aromatic rings. The molecule has 1 saturated heterocycles. The molecule has 3 rings (SSSR count). The van der Waals surface area contributed by atoms with E-state index in [2.05, 4.69) is 36.1 Å². The standard InChI is InChI=1S/C28H35N3O3.3ClH/c1-5-30(17-7-10-22-8-6-9-23(20-22)21-29)24-11-13-25(14-12-24)33-26-15-18-31(19-16-26)27(32)34-28(2,3)4;;;/h6-14,20,26H,5,15-19H2,1-4H3;3*1H/b10-7+;;;. The van der Waals surface area contributed by atoms with Crippen molar-refractivity contribution in [3.63, 3.8) is 0 Å². The molecule has 2 aromatic carbocycles. The highest BCUT2D eigenvalue weighted by Gasteiger charge is 2.27. The van der Waals surface area contributed by atoms with Crippen molar-refractivity contribution in [1.82, 2.24) is 4.90 Å². The number of piperidine rings is 1. The number of carbonyl (C=O) groups excluding carboxylic acids is 1. The summed E-state index contributed by atoms with van der Waals surface area (Å²) < 4.78 is 11.6. The number of hydrogen-bond donors (Lipinski definition) is 0. The van der Waals surface area contributed by atoms with Crippen LogP contribution in [-0.2, 0) is 4.74 Å². The second-order valence-corrected chi connectivity index (χ2v) is 9.46. The molecule has 1 aliphatic rings. The molecule has 0 aromatic heterocycles. The quantitative estimate of drug-likeness (QED) is 0.354. The van der Waals surface area contributed by atoms with Crippen LogP contribution in [0.5, 0.6) is 5.75 Å². The molecule has 9 heteroatoms. The van der Waals surface area contributed by atoms with Gasteiger partial charge in [-0.25, -0.2) is 4.79 Å². The monoisotopic (exact) mass is 569 g/mol. The van der Waals surface area contributed by atoms with E-state index in [1.54, 1.807) is 4.90 Å². The highest BCUT2D eigenvalue weighted by atomic mass is 35.5.